The first-order chi connectivity index (χ1) is 8.78. The molecule has 96 valence electrons. The van der Waals surface area contributed by atoms with Gasteiger partial charge in [-0.15, -0.1) is 0 Å². The smallest absolute Gasteiger partial charge is 0.180 e. The van der Waals surface area contributed by atoms with E-state index in [4.69, 9.17) is 10.6 Å². The van der Waals surface area contributed by atoms with Crippen molar-refractivity contribution in [1.29, 1.82) is 0 Å². The Kier molecular flexibility index (Phi) is 3.85. The second-order valence-corrected chi connectivity index (χ2v) is 3.71. The number of nitrogen functional groups attached to an aromatic ring is 1. The fraction of sp³-hybridized carbons (Fsp3) is 0.364. The van der Waals surface area contributed by atoms with E-state index in [1.807, 2.05) is 11.5 Å². The van der Waals surface area contributed by atoms with Crippen LogP contribution in [0.5, 0.6) is 0 Å². The lowest BCUT2D eigenvalue weighted by Gasteiger charge is -2.08. The third-order valence-corrected chi connectivity index (χ3v) is 2.50. The molecule has 0 spiro atoms. The van der Waals surface area contributed by atoms with Gasteiger partial charge in [0.15, 0.2) is 5.82 Å². The SMILES string of the molecule is CCn1cncc1-c1nc(COC)cc(NN)n1. The Hall–Kier alpha value is -1.99. The van der Waals surface area contributed by atoms with Crippen molar-refractivity contribution in [2.45, 2.75) is 20.1 Å². The topological polar surface area (TPSA) is 90.9 Å². The summed E-state index contributed by atoms with van der Waals surface area (Å²) in [6.45, 7) is 3.25. The number of hydrogen-bond acceptors (Lipinski definition) is 6. The molecule has 0 radical (unpaired) electrons. The zero-order valence-corrected chi connectivity index (χ0v) is 10.4. The Morgan fingerprint density at radius 3 is 2.94 bits per heavy atom. The summed E-state index contributed by atoms with van der Waals surface area (Å²) >= 11 is 0. The monoisotopic (exact) mass is 248 g/mol. The molecule has 0 unspecified atom stereocenters. The van der Waals surface area contributed by atoms with Crippen molar-refractivity contribution in [2.24, 2.45) is 5.84 Å². The molecule has 0 fully saturated rings. The van der Waals surface area contributed by atoms with Crippen LogP contribution in [0, 0.1) is 0 Å². The molecule has 0 aliphatic rings. The summed E-state index contributed by atoms with van der Waals surface area (Å²) in [6.07, 6.45) is 3.48. The van der Waals surface area contributed by atoms with E-state index in [1.165, 1.54) is 0 Å². The van der Waals surface area contributed by atoms with Crippen molar-refractivity contribution in [3.05, 3.63) is 24.3 Å². The maximum Gasteiger partial charge on any atom is 0.180 e. The van der Waals surface area contributed by atoms with Crippen LogP contribution in [0.25, 0.3) is 11.5 Å². The van der Waals surface area contributed by atoms with Crippen molar-refractivity contribution < 1.29 is 4.74 Å². The number of aromatic nitrogens is 4. The molecule has 2 rings (SSSR count). The normalized spacial score (nSPS) is 10.6. The van der Waals surface area contributed by atoms with Gasteiger partial charge in [0.25, 0.3) is 0 Å². The summed E-state index contributed by atoms with van der Waals surface area (Å²) in [7, 11) is 1.62. The minimum atomic E-state index is 0.407. The standard InChI is InChI=1S/C11H16N6O/c1-3-17-7-13-5-9(17)11-14-8(6-18-2)4-10(15-11)16-12/h4-5,7H,3,6,12H2,1-2H3,(H,14,15,16). The number of anilines is 1. The Labute approximate surface area is 105 Å². The highest BCUT2D eigenvalue weighted by Crippen LogP contribution is 2.17. The average Bonchev–Trinajstić information content (AvgIpc) is 2.87. The van der Waals surface area contributed by atoms with Crippen LogP contribution in [0.4, 0.5) is 5.82 Å². The average molecular weight is 248 g/mol. The molecule has 0 aliphatic heterocycles. The minimum absolute atomic E-state index is 0.407. The lowest BCUT2D eigenvalue weighted by atomic mass is 10.3. The van der Waals surface area contributed by atoms with Crippen molar-refractivity contribution in [2.75, 3.05) is 12.5 Å². The van der Waals surface area contributed by atoms with Gasteiger partial charge in [-0.25, -0.2) is 20.8 Å². The number of methoxy groups -OCH3 is 1. The van der Waals surface area contributed by atoms with Crippen molar-refractivity contribution >= 4 is 5.82 Å². The maximum atomic E-state index is 5.40. The van der Waals surface area contributed by atoms with Gasteiger partial charge in [-0.2, -0.15) is 0 Å². The van der Waals surface area contributed by atoms with E-state index < -0.39 is 0 Å². The Balaban J connectivity index is 2.46. The van der Waals surface area contributed by atoms with Gasteiger partial charge in [-0.05, 0) is 6.92 Å². The molecule has 0 saturated carbocycles. The van der Waals surface area contributed by atoms with E-state index in [9.17, 15) is 0 Å². The first kappa shape index (κ1) is 12.5. The molecule has 18 heavy (non-hydrogen) atoms. The summed E-state index contributed by atoms with van der Waals surface area (Å²) in [6, 6.07) is 1.75. The van der Waals surface area contributed by atoms with Crippen LogP contribution >= 0.6 is 0 Å². The predicted molar refractivity (Wildman–Crippen MR) is 67.5 cm³/mol. The Bertz CT molecular complexity index is 524. The molecular formula is C11H16N6O. The number of ether oxygens (including phenoxy) is 1. The quantitative estimate of drug-likeness (QED) is 0.600. The van der Waals surface area contributed by atoms with Crippen LogP contribution in [0.3, 0.4) is 0 Å². The zero-order valence-electron chi connectivity index (χ0n) is 10.4. The predicted octanol–water partition coefficient (Wildman–Crippen LogP) is 0.792. The van der Waals surface area contributed by atoms with Gasteiger partial charge in [-0.3, -0.25) is 0 Å². The first-order valence-corrected chi connectivity index (χ1v) is 5.62. The third-order valence-electron chi connectivity index (χ3n) is 2.50. The highest BCUT2D eigenvalue weighted by Gasteiger charge is 2.10. The highest BCUT2D eigenvalue weighted by molar-refractivity contribution is 5.52. The van der Waals surface area contributed by atoms with Gasteiger partial charge in [-0.1, -0.05) is 0 Å². The molecule has 0 aliphatic carbocycles. The van der Waals surface area contributed by atoms with Crippen LogP contribution in [-0.2, 0) is 17.9 Å². The lowest BCUT2D eigenvalue weighted by Crippen LogP contribution is -2.11. The molecule has 3 N–H and O–H groups in total. The number of hydrogen-bond donors (Lipinski definition) is 2. The van der Waals surface area contributed by atoms with Gasteiger partial charge in [0.05, 0.1) is 24.8 Å². The molecule has 7 heteroatoms. The minimum Gasteiger partial charge on any atom is -0.378 e. The van der Waals surface area contributed by atoms with E-state index in [0.29, 0.717) is 18.2 Å². The van der Waals surface area contributed by atoms with E-state index in [0.717, 1.165) is 17.9 Å². The molecule has 2 heterocycles. The van der Waals surface area contributed by atoms with Gasteiger partial charge >= 0.3 is 0 Å². The van der Waals surface area contributed by atoms with E-state index >= 15 is 0 Å². The van der Waals surface area contributed by atoms with Gasteiger partial charge in [0, 0.05) is 19.7 Å². The molecule has 0 atom stereocenters. The molecule has 0 saturated heterocycles. The molecule has 0 amide bonds. The molecule has 2 aromatic rings. The van der Waals surface area contributed by atoms with Gasteiger partial charge in [0.2, 0.25) is 0 Å². The van der Waals surface area contributed by atoms with E-state index in [1.54, 1.807) is 25.7 Å². The highest BCUT2D eigenvalue weighted by atomic mass is 16.5. The first-order valence-electron chi connectivity index (χ1n) is 5.62. The van der Waals surface area contributed by atoms with Crippen LogP contribution in [0.2, 0.25) is 0 Å². The summed E-state index contributed by atoms with van der Waals surface area (Å²) < 4.78 is 7.04. The zero-order chi connectivity index (χ0) is 13.0. The fourth-order valence-electron chi connectivity index (χ4n) is 1.67. The van der Waals surface area contributed by atoms with Crippen molar-refractivity contribution in [3.63, 3.8) is 0 Å². The van der Waals surface area contributed by atoms with Crippen LogP contribution in [0.15, 0.2) is 18.6 Å². The summed E-state index contributed by atoms with van der Waals surface area (Å²) in [4.78, 5) is 12.9. The van der Waals surface area contributed by atoms with Crippen LogP contribution in [-0.4, -0.2) is 26.6 Å². The second-order valence-electron chi connectivity index (χ2n) is 3.71. The number of imidazole rings is 1. The van der Waals surface area contributed by atoms with Gasteiger partial charge in [0.1, 0.15) is 11.5 Å². The fourth-order valence-corrected chi connectivity index (χ4v) is 1.67. The molecular weight excluding hydrogens is 232 g/mol. The third kappa shape index (κ3) is 2.47. The molecule has 2 aromatic heterocycles. The van der Waals surface area contributed by atoms with Gasteiger partial charge < -0.3 is 14.7 Å². The lowest BCUT2D eigenvalue weighted by molar-refractivity contribution is 0.181. The number of aryl methyl sites for hydroxylation is 1. The molecule has 0 aromatic carbocycles. The van der Waals surface area contributed by atoms with Crippen molar-refractivity contribution in [1.82, 2.24) is 19.5 Å². The number of hydrazine groups is 1. The molecule has 7 nitrogen and oxygen atoms in total. The Morgan fingerprint density at radius 1 is 1.44 bits per heavy atom. The Morgan fingerprint density at radius 2 is 2.28 bits per heavy atom. The number of nitrogens with zero attached hydrogens (tertiary/aromatic N) is 4. The second kappa shape index (κ2) is 5.56. The molecule has 0 bridgehead atoms. The van der Waals surface area contributed by atoms with E-state index in [-0.39, 0.29) is 0 Å². The van der Waals surface area contributed by atoms with Crippen molar-refractivity contribution in [3.8, 4) is 11.5 Å². The van der Waals surface area contributed by atoms with Crippen LogP contribution in [0.1, 0.15) is 12.6 Å². The van der Waals surface area contributed by atoms with Crippen LogP contribution < -0.4 is 11.3 Å². The summed E-state index contributed by atoms with van der Waals surface area (Å²) in [5.74, 6) is 6.54. The maximum absolute atomic E-state index is 5.40. The van der Waals surface area contributed by atoms with E-state index in [2.05, 4.69) is 20.4 Å². The summed E-state index contributed by atoms with van der Waals surface area (Å²) in [5.41, 5.74) is 4.15. The number of rotatable bonds is 5. The summed E-state index contributed by atoms with van der Waals surface area (Å²) in [5, 5.41) is 0. The number of nitrogens with two attached hydrogens (primary N) is 1. The largest absolute Gasteiger partial charge is 0.378 e. The number of nitrogens with one attached hydrogen (secondary N) is 1.